The minimum Gasteiger partial charge on any atom is -0.372 e. The van der Waals surface area contributed by atoms with Crippen molar-refractivity contribution in [2.45, 2.75) is 0 Å². The van der Waals surface area contributed by atoms with Crippen molar-refractivity contribution in [2.75, 3.05) is 0 Å². The third kappa shape index (κ3) is 1.15. The molecule has 1 aromatic carbocycles. The Labute approximate surface area is 88.4 Å². The van der Waals surface area contributed by atoms with E-state index < -0.39 is 11.4 Å². The predicted octanol–water partition coefficient (Wildman–Crippen LogP) is 1.03. The summed E-state index contributed by atoms with van der Waals surface area (Å²) < 4.78 is 4.45. The number of hydrogen-bond donors (Lipinski definition) is 1. The summed E-state index contributed by atoms with van der Waals surface area (Å²) in [6.45, 7) is 0. The molecule has 2 aromatic heterocycles. The van der Waals surface area contributed by atoms with E-state index in [-0.39, 0.29) is 0 Å². The van der Waals surface area contributed by atoms with Crippen LogP contribution in [0.3, 0.4) is 0 Å². The van der Waals surface area contributed by atoms with Crippen LogP contribution in [0, 0.1) is 0 Å². The smallest absolute Gasteiger partial charge is 0.372 e. The van der Waals surface area contributed by atoms with E-state index in [1.165, 1.54) is 0 Å². The summed E-state index contributed by atoms with van der Waals surface area (Å²) in [5.41, 5.74) is -0.170. The molecule has 0 saturated heterocycles. The van der Waals surface area contributed by atoms with Crippen molar-refractivity contribution in [3.63, 3.8) is 0 Å². The molecule has 2 heterocycles. The molecule has 5 nitrogen and oxygen atoms in total. The van der Waals surface area contributed by atoms with Gasteiger partial charge in [-0.25, -0.2) is 9.59 Å². The van der Waals surface area contributed by atoms with E-state index >= 15 is 0 Å². The fraction of sp³-hybridized carbons (Fsp3) is 0. The van der Waals surface area contributed by atoms with Gasteiger partial charge in [0.25, 0.3) is 0 Å². The lowest BCUT2D eigenvalue weighted by Crippen LogP contribution is -2.14. The van der Waals surface area contributed by atoms with E-state index in [2.05, 4.69) is 14.4 Å². The first kappa shape index (κ1) is 8.84. The van der Waals surface area contributed by atoms with Gasteiger partial charge in [0, 0.05) is 17.8 Å². The minimum atomic E-state index is -0.756. The van der Waals surface area contributed by atoms with Crippen LogP contribution >= 0.6 is 0 Å². The van der Waals surface area contributed by atoms with E-state index in [9.17, 15) is 9.59 Å². The number of fused-ring (bicyclic) bond motifs is 3. The molecule has 1 N–H and O–H groups in total. The number of nitrogens with one attached hydrogen (secondary N) is 1. The topological polar surface area (TPSA) is 76.0 Å². The first-order valence-electron chi connectivity index (χ1n) is 4.65. The molecule has 5 heteroatoms. The molecule has 0 atom stereocenters. The van der Waals surface area contributed by atoms with E-state index in [0.717, 1.165) is 10.8 Å². The molecule has 0 radical (unpaired) electrons. The highest BCUT2D eigenvalue weighted by Crippen LogP contribution is 2.19. The molecule has 0 aliphatic carbocycles. The Kier molecular flexibility index (Phi) is 1.67. The maximum atomic E-state index is 11.4. The second-order valence-corrected chi connectivity index (χ2v) is 3.39. The molecular weight excluding hydrogens is 208 g/mol. The van der Waals surface area contributed by atoms with Crippen molar-refractivity contribution in [2.24, 2.45) is 0 Å². The Hall–Kier alpha value is -2.43. The van der Waals surface area contributed by atoms with Gasteiger partial charge in [0.2, 0.25) is 0 Å². The van der Waals surface area contributed by atoms with Gasteiger partial charge in [-0.2, -0.15) is 0 Å². The lowest BCUT2D eigenvalue weighted by Gasteiger charge is -2.00. The molecule has 78 valence electrons. The van der Waals surface area contributed by atoms with E-state index in [4.69, 9.17) is 0 Å². The molecule has 3 rings (SSSR count). The number of nitrogens with zero attached hydrogens (tertiary/aromatic N) is 1. The first-order valence-corrected chi connectivity index (χ1v) is 4.65. The summed E-state index contributed by atoms with van der Waals surface area (Å²) in [4.78, 5) is 29.0. The third-order valence-electron chi connectivity index (χ3n) is 2.46. The standard InChI is InChI=1S/C11H6N2O3/c14-10-7-2-1-6-3-4-12-5-8(6)9(7)13-11(15)16-10/h1-5H,(H,13,15). The quantitative estimate of drug-likeness (QED) is 0.567. The number of pyridine rings is 1. The molecule has 0 bridgehead atoms. The summed E-state index contributed by atoms with van der Waals surface area (Å²) >= 11 is 0. The highest BCUT2D eigenvalue weighted by atomic mass is 16.4. The largest absolute Gasteiger partial charge is 0.419 e. The zero-order valence-electron chi connectivity index (χ0n) is 8.06. The van der Waals surface area contributed by atoms with E-state index in [0.29, 0.717) is 10.9 Å². The van der Waals surface area contributed by atoms with Crippen molar-refractivity contribution in [3.8, 4) is 0 Å². The molecule has 0 aliphatic heterocycles. The average Bonchev–Trinajstić information content (AvgIpc) is 2.28. The lowest BCUT2D eigenvalue weighted by molar-refractivity contribution is 0.460. The highest BCUT2D eigenvalue weighted by Gasteiger charge is 2.06. The van der Waals surface area contributed by atoms with E-state index in [1.807, 2.05) is 6.07 Å². The van der Waals surface area contributed by atoms with Gasteiger partial charge in [0.1, 0.15) is 0 Å². The van der Waals surface area contributed by atoms with Crippen molar-refractivity contribution in [1.29, 1.82) is 0 Å². The lowest BCUT2D eigenvalue weighted by atomic mass is 10.1. The maximum absolute atomic E-state index is 11.4. The van der Waals surface area contributed by atoms with Gasteiger partial charge < -0.3 is 4.42 Å². The molecule has 0 aliphatic rings. The van der Waals surface area contributed by atoms with Gasteiger partial charge in [-0.1, -0.05) is 6.07 Å². The SMILES string of the molecule is O=c1[nH]c2c(ccc3ccncc32)c(=O)o1. The summed E-state index contributed by atoms with van der Waals surface area (Å²) in [6, 6.07) is 5.22. The Balaban J connectivity index is 2.70. The Morgan fingerprint density at radius 3 is 2.88 bits per heavy atom. The summed E-state index contributed by atoms with van der Waals surface area (Å²) in [5.74, 6) is -0.756. The van der Waals surface area contributed by atoms with Gasteiger partial charge in [-0.05, 0) is 17.5 Å². The Morgan fingerprint density at radius 1 is 1.12 bits per heavy atom. The number of aromatic amines is 1. The first-order chi connectivity index (χ1) is 7.75. The van der Waals surface area contributed by atoms with E-state index in [1.54, 1.807) is 24.5 Å². The fourth-order valence-corrected chi connectivity index (χ4v) is 1.73. The Morgan fingerprint density at radius 2 is 2.00 bits per heavy atom. The van der Waals surface area contributed by atoms with Crippen molar-refractivity contribution in [3.05, 3.63) is 51.6 Å². The minimum absolute atomic E-state index is 0.347. The molecule has 0 spiro atoms. The summed E-state index contributed by atoms with van der Waals surface area (Å²) in [5, 5.41) is 1.98. The maximum Gasteiger partial charge on any atom is 0.419 e. The van der Waals surface area contributed by atoms with Crippen LogP contribution in [0.15, 0.2) is 44.6 Å². The number of benzene rings is 1. The van der Waals surface area contributed by atoms with Crippen molar-refractivity contribution in [1.82, 2.24) is 9.97 Å². The molecule has 16 heavy (non-hydrogen) atoms. The molecule has 0 unspecified atom stereocenters. The summed E-state index contributed by atoms with van der Waals surface area (Å²) in [6.07, 6.45) is 3.25. The van der Waals surface area contributed by atoms with Gasteiger partial charge in [-0.15, -0.1) is 0 Å². The molecular formula is C11H6N2O3. The van der Waals surface area contributed by atoms with Crippen molar-refractivity contribution >= 4 is 21.7 Å². The van der Waals surface area contributed by atoms with Crippen LogP contribution in [0.4, 0.5) is 0 Å². The average molecular weight is 214 g/mol. The molecule has 3 aromatic rings. The zero-order valence-corrected chi connectivity index (χ0v) is 8.06. The van der Waals surface area contributed by atoms with Crippen molar-refractivity contribution < 1.29 is 4.42 Å². The second-order valence-electron chi connectivity index (χ2n) is 3.39. The van der Waals surface area contributed by atoms with Gasteiger partial charge in [-0.3, -0.25) is 9.97 Å². The fourth-order valence-electron chi connectivity index (χ4n) is 1.73. The highest BCUT2D eigenvalue weighted by molar-refractivity contribution is 6.03. The zero-order chi connectivity index (χ0) is 11.1. The van der Waals surface area contributed by atoms with Crippen LogP contribution in [0.25, 0.3) is 21.7 Å². The molecule has 0 amide bonds. The van der Waals surface area contributed by atoms with Crippen LogP contribution in [-0.4, -0.2) is 9.97 Å². The predicted molar refractivity (Wildman–Crippen MR) is 58.4 cm³/mol. The van der Waals surface area contributed by atoms with Gasteiger partial charge in [0.05, 0.1) is 10.9 Å². The Bertz CT molecular complexity index is 801. The second kappa shape index (κ2) is 3.03. The van der Waals surface area contributed by atoms with Crippen LogP contribution in [0.2, 0.25) is 0 Å². The number of aromatic nitrogens is 2. The van der Waals surface area contributed by atoms with Crippen LogP contribution in [0.1, 0.15) is 0 Å². The van der Waals surface area contributed by atoms with Crippen LogP contribution in [-0.2, 0) is 0 Å². The monoisotopic (exact) mass is 214 g/mol. The molecule has 0 saturated carbocycles. The van der Waals surface area contributed by atoms with Gasteiger partial charge in [0.15, 0.2) is 0 Å². The third-order valence-corrected chi connectivity index (χ3v) is 2.46. The van der Waals surface area contributed by atoms with Crippen LogP contribution < -0.4 is 11.4 Å². The number of H-pyrrole nitrogens is 1. The summed E-state index contributed by atoms with van der Waals surface area (Å²) in [7, 11) is 0. The number of rotatable bonds is 0. The number of hydrogen-bond acceptors (Lipinski definition) is 4. The molecule has 0 fully saturated rings. The normalized spacial score (nSPS) is 11.0. The van der Waals surface area contributed by atoms with Crippen LogP contribution in [0.5, 0.6) is 0 Å². The van der Waals surface area contributed by atoms with Gasteiger partial charge >= 0.3 is 11.4 Å².